The molecule has 0 fully saturated rings. The number of nitrogens with zero attached hydrogens (tertiary/aromatic N) is 2. The summed E-state index contributed by atoms with van der Waals surface area (Å²) in [5.41, 5.74) is 2.11. The summed E-state index contributed by atoms with van der Waals surface area (Å²) in [6.07, 6.45) is 3.70. The van der Waals surface area contributed by atoms with Crippen molar-refractivity contribution in [3.8, 4) is 0 Å². The van der Waals surface area contributed by atoms with Gasteiger partial charge in [0.2, 0.25) is 5.56 Å². The second-order valence-corrected chi connectivity index (χ2v) is 6.44. The third-order valence-corrected chi connectivity index (χ3v) is 4.60. The molecule has 0 atom stereocenters. The molecule has 0 aliphatic carbocycles. The zero-order chi connectivity index (χ0) is 19.1. The molecule has 6 nitrogen and oxygen atoms in total. The normalized spacial score (nSPS) is 11.3. The van der Waals surface area contributed by atoms with Crippen molar-refractivity contribution in [1.29, 1.82) is 0 Å². The molecule has 0 spiro atoms. The van der Waals surface area contributed by atoms with E-state index < -0.39 is 0 Å². The van der Waals surface area contributed by atoms with Crippen LogP contribution < -0.4 is 16.2 Å². The molecular formula is C21H27IN4O2. The zero-order valence-corrected chi connectivity index (χ0v) is 18.6. The van der Waals surface area contributed by atoms with Crippen LogP contribution in [0.2, 0.25) is 0 Å². The highest BCUT2D eigenvalue weighted by atomic mass is 127. The Morgan fingerprint density at radius 3 is 2.64 bits per heavy atom. The molecule has 1 aromatic carbocycles. The van der Waals surface area contributed by atoms with E-state index in [1.54, 1.807) is 23.7 Å². The number of aryl methyl sites for hydroxylation is 2. The fraction of sp³-hybridized carbons (Fsp3) is 0.333. The molecule has 0 unspecified atom stereocenters. The summed E-state index contributed by atoms with van der Waals surface area (Å²) in [4.78, 5) is 15.9. The average Bonchev–Trinajstić information content (AvgIpc) is 3.01. The van der Waals surface area contributed by atoms with E-state index in [-0.39, 0.29) is 29.5 Å². The summed E-state index contributed by atoms with van der Waals surface area (Å²) in [7, 11) is 1.75. The number of fused-ring (bicyclic) bond motifs is 1. The van der Waals surface area contributed by atoms with Gasteiger partial charge in [0.1, 0.15) is 11.3 Å². The molecule has 0 radical (unpaired) electrons. The number of halogens is 1. The van der Waals surface area contributed by atoms with Crippen LogP contribution in [0, 0.1) is 6.92 Å². The molecule has 0 amide bonds. The van der Waals surface area contributed by atoms with Crippen LogP contribution in [-0.2, 0) is 13.1 Å². The first-order valence-corrected chi connectivity index (χ1v) is 9.26. The van der Waals surface area contributed by atoms with E-state index in [1.165, 1.54) is 0 Å². The molecule has 0 aliphatic rings. The summed E-state index contributed by atoms with van der Waals surface area (Å²) < 4.78 is 7.65. The first-order valence-electron chi connectivity index (χ1n) is 9.26. The Balaban J connectivity index is 0.00000280. The molecular weight excluding hydrogens is 467 g/mol. The van der Waals surface area contributed by atoms with Gasteiger partial charge in [-0.15, -0.1) is 24.0 Å². The monoisotopic (exact) mass is 494 g/mol. The molecule has 0 bridgehead atoms. The number of hydrogen-bond acceptors (Lipinski definition) is 3. The maximum Gasteiger partial charge on any atom is 0.250 e. The van der Waals surface area contributed by atoms with Crippen LogP contribution >= 0.6 is 24.0 Å². The Bertz CT molecular complexity index is 978. The molecule has 0 aliphatic heterocycles. The molecule has 2 aromatic heterocycles. The summed E-state index contributed by atoms with van der Waals surface area (Å²) >= 11 is 0. The number of hydrogen-bond donors (Lipinski definition) is 2. The molecule has 150 valence electrons. The van der Waals surface area contributed by atoms with Crippen molar-refractivity contribution in [3.05, 3.63) is 70.3 Å². The van der Waals surface area contributed by atoms with Gasteiger partial charge >= 0.3 is 0 Å². The van der Waals surface area contributed by atoms with Crippen molar-refractivity contribution < 1.29 is 4.42 Å². The van der Waals surface area contributed by atoms with Crippen molar-refractivity contribution >= 4 is 40.9 Å². The number of aromatic nitrogens is 1. The van der Waals surface area contributed by atoms with Gasteiger partial charge < -0.3 is 19.6 Å². The lowest BCUT2D eigenvalue weighted by atomic mass is 10.1. The van der Waals surface area contributed by atoms with Crippen molar-refractivity contribution in [1.82, 2.24) is 15.2 Å². The van der Waals surface area contributed by atoms with Gasteiger partial charge in [-0.2, -0.15) is 0 Å². The predicted octanol–water partition coefficient (Wildman–Crippen LogP) is 3.67. The number of para-hydroxylation sites is 1. The summed E-state index contributed by atoms with van der Waals surface area (Å²) in [5.74, 6) is 1.66. The molecule has 7 heteroatoms. The van der Waals surface area contributed by atoms with Gasteiger partial charge in [-0.3, -0.25) is 9.79 Å². The first-order chi connectivity index (χ1) is 13.2. The summed E-state index contributed by atoms with van der Waals surface area (Å²) in [6, 6.07) is 13.3. The van der Waals surface area contributed by atoms with Gasteiger partial charge in [-0.05, 0) is 31.9 Å². The number of aliphatic imine (C=N–C) groups is 1. The summed E-state index contributed by atoms with van der Waals surface area (Å²) in [6.45, 7) is 4.18. The molecule has 28 heavy (non-hydrogen) atoms. The SMILES string of the molecule is CN=C(NCCCCn1ccccc1=O)NCc1oc2ccccc2c1C.I. The third kappa shape index (κ3) is 5.60. The van der Waals surface area contributed by atoms with Crippen LogP contribution in [0.3, 0.4) is 0 Å². The lowest BCUT2D eigenvalue weighted by Gasteiger charge is -2.11. The maximum atomic E-state index is 11.7. The Hall–Kier alpha value is -2.29. The molecule has 2 heterocycles. The highest BCUT2D eigenvalue weighted by Crippen LogP contribution is 2.24. The number of furan rings is 1. The van der Waals surface area contributed by atoms with Crippen LogP contribution in [-0.4, -0.2) is 24.1 Å². The van der Waals surface area contributed by atoms with Crippen LogP contribution in [0.15, 0.2) is 62.9 Å². The van der Waals surface area contributed by atoms with E-state index in [0.29, 0.717) is 6.54 Å². The lowest BCUT2D eigenvalue weighted by molar-refractivity contribution is 0.533. The lowest BCUT2D eigenvalue weighted by Crippen LogP contribution is -2.37. The predicted molar refractivity (Wildman–Crippen MR) is 125 cm³/mol. The topological polar surface area (TPSA) is 71.6 Å². The fourth-order valence-electron chi connectivity index (χ4n) is 3.04. The van der Waals surface area contributed by atoms with Crippen LogP contribution in [0.25, 0.3) is 11.0 Å². The largest absolute Gasteiger partial charge is 0.459 e. The molecule has 0 saturated heterocycles. The third-order valence-electron chi connectivity index (χ3n) is 4.60. The fourth-order valence-corrected chi connectivity index (χ4v) is 3.04. The van der Waals surface area contributed by atoms with Crippen molar-refractivity contribution in [2.75, 3.05) is 13.6 Å². The van der Waals surface area contributed by atoms with Gasteiger partial charge in [0, 0.05) is 43.4 Å². The maximum absolute atomic E-state index is 11.7. The second-order valence-electron chi connectivity index (χ2n) is 6.44. The molecule has 2 N–H and O–H groups in total. The van der Waals surface area contributed by atoms with Gasteiger partial charge in [-0.25, -0.2) is 0 Å². The molecule has 0 saturated carbocycles. The van der Waals surface area contributed by atoms with E-state index in [1.807, 2.05) is 30.5 Å². The van der Waals surface area contributed by atoms with E-state index in [4.69, 9.17) is 4.42 Å². The van der Waals surface area contributed by atoms with Crippen LogP contribution in [0.4, 0.5) is 0 Å². The van der Waals surface area contributed by atoms with Crippen molar-refractivity contribution in [2.45, 2.75) is 32.9 Å². The van der Waals surface area contributed by atoms with E-state index in [0.717, 1.165) is 54.2 Å². The number of nitrogens with one attached hydrogen (secondary N) is 2. The minimum Gasteiger partial charge on any atom is -0.459 e. The summed E-state index contributed by atoms with van der Waals surface area (Å²) in [5, 5.41) is 7.75. The van der Waals surface area contributed by atoms with E-state index in [2.05, 4.69) is 28.6 Å². The minimum atomic E-state index is 0. The van der Waals surface area contributed by atoms with Crippen molar-refractivity contribution in [3.63, 3.8) is 0 Å². The number of rotatable bonds is 7. The standard InChI is InChI=1S/C21H26N4O2.HI/c1-16-17-9-3-4-10-18(17)27-19(16)15-24-21(22-2)23-12-6-8-14-25-13-7-5-11-20(25)26;/h3-5,7,9-11,13H,6,8,12,14-15H2,1-2H3,(H2,22,23,24);1H. The highest BCUT2D eigenvalue weighted by molar-refractivity contribution is 14.0. The number of unbranched alkanes of at least 4 members (excludes halogenated alkanes) is 1. The highest BCUT2D eigenvalue weighted by Gasteiger charge is 2.10. The second kappa shape index (κ2) is 10.9. The Morgan fingerprint density at radius 1 is 1.11 bits per heavy atom. The van der Waals surface area contributed by atoms with Crippen LogP contribution in [0.5, 0.6) is 0 Å². The number of pyridine rings is 1. The Morgan fingerprint density at radius 2 is 1.89 bits per heavy atom. The Labute approximate surface area is 182 Å². The quantitative estimate of drug-likeness (QED) is 0.228. The van der Waals surface area contributed by atoms with E-state index in [9.17, 15) is 4.79 Å². The van der Waals surface area contributed by atoms with Gasteiger partial charge in [0.15, 0.2) is 5.96 Å². The molecule has 3 rings (SSSR count). The van der Waals surface area contributed by atoms with Gasteiger partial charge in [-0.1, -0.05) is 24.3 Å². The van der Waals surface area contributed by atoms with Gasteiger partial charge in [0.05, 0.1) is 6.54 Å². The average molecular weight is 494 g/mol. The number of guanidine groups is 1. The van der Waals surface area contributed by atoms with E-state index >= 15 is 0 Å². The van der Waals surface area contributed by atoms with Crippen LogP contribution in [0.1, 0.15) is 24.2 Å². The smallest absolute Gasteiger partial charge is 0.250 e. The van der Waals surface area contributed by atoms with Gasteiger partial charge in [0.25, 0.3) is 0 Å². The van der Waals surface area contributed by atoms with Crippen molar-refractivity contribution in [2.24, 2.45) is 4.99 Å². The minimum absolute atomic E-state index is 0. The molecule has 3 aromatic rings. The first kappa shape index (κ1) is 22.0. The number of benzene rings is 1. The Kier molecular flexibility index (Phi) is 8.56. The zero-order valence-electron chi connectivity index (χ0n) is 16.3.